The molecule has 0 saturated heterocycles. The quantitative estimate of drug-likeness (QED) is 0.295. The van der Waals surface area contributed by atoms with Crippen LogP contribution in [-0.2, 0) is 18.7 Å². The molecule has 4 nitrogen and oxygen atoms in total. The van der Waals surface area contributed by atoms with Crippen LogP contribution < -0.4 is 4.74 Å². The van der Waals surface area contributed by atoms with Gasteiger partial charge in [0, 0.05) is 28.8 Å². The minimum atomic E-state index is 0.631. The van der Waals surface area contributed by atoms with Gasteiger partial charge in [-0.2, -0.15) is 0 Å². The summed E-state index contributed by atoms with van der Waals surface area (Å²) in [6, 6.07) is 13.6. The Kier molecular flexibility index (Phi) is 7.65. The van der Waals surface area contributed by atoms with Crippen molar-refractivity contribution in [1.29, 1.82) is 0 Å². The van der Waals surface area contributed by atoms with Gasteiger partial charge in [-0.25, -0.2) is 0 Å². The lowest BCUT2D eigenvalue weighted by Gasteiger charge is -2.10. The van der Waals surface area contributed by atoms with Crippen LogP contribution in [0.1, 0.15) is 30.3 Å². The molecule has 28 heavy (non-hydrogen) atoms. The highest BCUT2D eigenvalue weighted by Gasteiger charge is 2.11. The van der Waals surface area contributed by atoms with Crippen molar-refractivity contribution in [3.8, 4) is 5.75 Å². The Morgan fingerprint density at radius 3 is 2.50 bits per heavy atom. The number of aromatic nitrogens is 3. The fourth-order valence-electron chi connectivity index (χ4n) is 2.84. The average Bonchev–Trinajstić information content (AvgIpc) is 3.08. The number of halogens is 2. The Labute approximate surface area is 180 Å². The topological polar surface area (TPSA) is 39.9 Å². The van der Waals surface area contributed by atoms with Gasteiger partial charge in [0.25, 0.3) is 0 Å². The lowest BCUT2D eigenvalue weighted by molar-refractivity contribution is 0.307. The van der Waals surface area contributed by atoms with Crippen molar-refractivity contribution in [3.63, 3.8) is 0 Å². The predicted molar refractivity (Wildman–Crippen MR) is 117 cm³/mol. The molecular formula is C21H23Cl2N3OS. The Morgan fingerprint density at radius 2 is 1.79 bits per heavy atom. The molecule has 0 unspecified atom stereocenters. The fraction of sp³-hybridized carbons (Fsp3) is 0.333. The third kappa shape index (κ3) is 5.66. The second-order valence-corrected chi connectivity index (χ2v) is 8.24. The van der Waals surface area contributed by atoms with Crippen LogP contribution in [0.3, 0.4) is 0 Å². The first kappa shape index (κ1) is 21.0. The number of benzene rings is 2. The number of nitrogens with zero attached hydrogens (tertiary/aromatic N) is 3. The summed E-state index contributed by atoms with van der Waals surface area (Å²) in [5.74, 6) is 2.71. The molecule has 148 valence electrons. The molecule has 0 aliphatic heterocycles. The van der Waals surface area contributed by atoms with Crippen molar-refractivity contribution in [2.75, 3.05) is 6.61 Å². The molecule has 3 rings (SSSR count). The molecule has 0 atom stereocenters. The smallest absolute Gasteiger partial charge is 0.191 e. The van der Waals surface area contributed by atoms with E-state index in [2.05, 4.69) is 21.7 Å². The van der Waals surface area contributed by atoms with E-state index in [9.17, 15) is 0 Å². The third-order valence-corrected chi connectivity index (χ3v) is 5.86. The van der Waals surface area contributed by atoms with Gasteiger partial charge in [-0.05, 0) is 61.7 Å². The molecule has 0 aliphatic rings. The van der Waals surface area contributed by atoms with Crippen molar-refractivity contribution in [1.82, 2.24) is 14.8 Å². The second-order valence-electron chi connectivity index (χ2n) is 6.42. The van der Waals surface area contributed by atoms with E-state index in [4.69, 9.17) is 27.9 Å². The number of hydrogen-bond donors (Lipinski definition) is 0. The summed E-state index contributed by atoms with van der Waals surface area (Å²) < 4.78 is 8.05. The summed E-state index contributed by atoms with van der Waals surface area (Å²) in [4.78, 5) is 0. The summed E-state index contributed by atoms with van der Waals surface area (Å²) >= 11 is 13.6. The van der Waals surface area contributed by atoms with Gasteiger partial charge < -0.3 is 9.30 Å². The van der Waals surface area contributed by atoms with Gasteiger partial charge in [-0.15, -0.1) is 10.2 Å². The van der Waals surface area contributed by atoms with Crippen molar-refractivity contribution < 1.29 is 4.74 Å². The van der Waals surface area contributed by atoms with Crippen LogP contribution in [0.25, 0.3) is 0 Å². The standard InChI is InChI=1S/C21H23Cl2N3OS/c1-3-26-20(5-4-12-27-19-11-10-18(23)13-15(19)2)24-25-21(26)28-14-16-6-8-17(22)9-7-16/h6-11,13H,3-5,12,14H2,1-2H3. The molecule has 0 bridgehead atoms. The Hall–Kier alpha value is -1.69. The van der Waals surface area contributed by atoms with Crippen LogP contribution in [0.5, 0.6) is 5.75 Å². The van der Waals surface area contributed by atoms with Gasteiger partial charge in [0.05, 0.1) is 6.61 Å². The molecule has 3 aromatic rings. The molecule has 0 saturated carbocycles. The summed E-state index contributed by atoms with van der Waals surface area (Å²) in [6.45, 7) is 5.60. The zero-order valence-corrected chi connectivity index (χ0v) is 18.3. The third-order valence-electron chi connectivity index (χ3n) is 4.33. The monoisotopic (exact) mass is 435 g/mol. The average molecular weight is 436 g/mol. The summed E-state index contributed by atoms with van der Waals surface area (Å²) in [7, 11) is 0. The molecule has 1 aromatic heterocycles. The molecular weight excluding hydrogens is 413 g/mol. The van der Waals surface area contributed by atoms with Crippen molar-refractivity contribution in [2.45, 2.75) is 44.1 Å². The molecule has 0 fully saturated rings. The molecule has 0 N–H and O–H groups in total. The van der Waals surface area contributed by atoms with E-state index in [1.54, 1.807) is 11.8 Å². The van der Waals surface area contributed by atoms with E-state index < -0.39 is 0 Å². The van der Waals surface area contributed by atoms with Crippen LogP contribution in [-0.4, -0.2) is 21.4 Å². The molecule has 2 aromatic carbocycles. The highest BCUT2D eigenvalue weighted by atomic mass is 35.5. The lowest BCUT2D eigenvalue weighted by atomic mass is 10.2. The first-order valence-electron chi connectivity index (χ1n) is 9.25. The summed E-state index contributed by atoms with van der Waals surface area (Å²) in [6.07, 6.45) is 1.71. The first-order valence-corrected chi connectivity index (χ1v) is 11.0. The maximum atomic E-state index is 5.98. The van der Waals surface area contributed by atoms with E-state index >= 15 is 0 Å². The van der Waals surface area contributed by atoms with Crippen LogP contribution in [0.2, 0.25) is 10.0 Å². The highest BCUT2D eigenvalue weighted by molar-refractivity contribution is 7.98. The summed E-state index contributed by atoms with van der Waals surface area (Å²) in [5.41, 5.74) is 2.26. The Balaban J connectivity index is 1.52. The number of thioether (sulfide) groups is 1. The lowest BCUT2D eigenvalue weighted by Crippen LogP contribution is -2.06. The van der Waals surface area contributed by atoms with Crippen LogP contribution >= 0.6 is 35.0 Å². The maximum Gasteiger partial charge on any atom is 0.191 e. The second kappa shape index (κ2) is 10.2. The largest absolute Gasteiger partial charge is 0.493 e. The van der Waals surface area contributed by atoms with Gasteiger partial charge in [0.1, 0.15) is 11.6 Å². The molecule has 0 spiro atoms. The highest BCUT2D eigenvalue weighted by Crippen LogP contribution is 2.24. The van der Waals surface area contributed by atoms with Gasteiger partial charge in [0.15, 0.2) is 5.16 Å². The molecule has 0 radical (unpaired) electrons. The van der Waals surface area contributed by atoms with E-state index in [1.807, 2.05) is 49.4 Å². The number of aryl methyl sites for hydroxylation is 2. The summed E-state index contributed by atoms with van der Waals surface area (Å²) in [5, 5.41) is 11.2. The van der Waals surface area contributed by atoms with E-state index in [0.29, 0.717) is 6.61 Å². The van der Waals surface area contributed by atoms with E-state index in [0.717, 1.165) is 57.5 Å². The maximum absolute atomic E-state index is 5.98. The zero-order valence-electron chi connectivity index (χ0n) is 16.0. The van der Waals surface area contributed by atoms with Gasteiger partial charge in [-0.3, -0.25) is 0 Å². The molecule has 1 heterocycles. The molecule has 0 amide bonds. The Morgan fingerprint density at radius 1 is 1.04 bits per heavy atom. The predicted octanol–water partition coefficient (Wildman–Crippen LogP) is 6.22. The van der Waals surface area contributed by atoms with Crippen LogP contribution in [0.15, 0.2) is 47.6 Å². The van der Waals surface area contributed by atoms with Gasteiger partial charge in [-0.1, -0.05) is 47.1 Å². The van der Waals surface area contributed by atoms with Crippen molar-refractivity contribution in [2.24, 2.45) is 0 Å². The minimum Gasteiger partial charge on any atom is -0.493 e. The first-order chi connectivity index (χ1) is 13.6. The van der Waals surface area contributed by atoms with E-state index in [-0.39, 0.29) is 0 Å². The van der Waals surface area contributed by atoms with Gasteiger partial charge in [0.2, 0.25) is 0 Å². The normalized spacial score (nSPS) is 11.0. The fourth-order valence-corrected chi connectivity index (χ4v) is 4.17. The number of hydrogen-bond acceptors (Lipinski definition) is 4. The zero-order chi connectivity index (χ0) is 19.9. The van der Waals surface area contributed by atoms with E-state index in [1.165, 1.54) is 5.56 Å². The molecule has 7 heteroatoms. The van der Waals surface area contributed by atoms with Crippen molar-refractivity contribution in [3.05, 3.63) is 69.5 Å². The minimum absolute atomic E-state index is 0.631. The molecule has 0 aliphatic carbocycles. The number of ether oxygens (including phenoxy) is 1. The van der Waals surface area contributed by atoms with Crippen molar-refractivity contribution >= 4 is 35.0 Å². The van der Waals surface area contributed by atoms with Crippen LogP contribution in [0.4, 0.5) is 0 Å². The SMILES string of the molecule is CCn1c(CCCOc2ccc(Cl)cc2C)nnc1SCc1ccc(Cl)cc1. The Bertz CT molecular complexity index is 913. The number of rotatable bonds is 9. The van der Waals surface area contributed by atoms with Gasteiger partial charge >= 0.3 is 0 Å². The van der Waals surface area contributed by atoms with Crippen LogP contribution in [0, 0.1) is 6.92 Å².